The molecule has 2 unspecified atom stereocenters. The van der Waals surface area contributed by atoms with Crippen LogP contribution in [0.4, 0.5) is 0 Å². The molecule has 0 saturated carbocycles. The van der Waals surface area contributed by atoms with Crippen LogP contribution in [0.5, 0.6) is 0 Å². The number of carbonyl (C=O) groups is 2. The summed E-state index contributed by atoms with van der Waals surface area (Å²) < 4.78 is 20.4. The molecule has 2 aliphatic heterocycles. The number of hydrogen-bond donors (Lipinski definition) is 0. The zero-order chi connectivity index (χ0) is 16.5. The molecule has 6 heteroatoms. The van der Waals surface area contributed by atoms with Gasteiger partial charge in [-0.2, -0.15) is 0 Å². The second kappa shape index (κ2) is 6.22. The molecule has 124 valence electrons. The van der Waals surface area contributed by atoms with E-state index < -0.39 is 11.9 Å². The molecule has 2 aromatic carbocycles. The number of benzene rings is 2. The van der Waals surface area contributed by atoms with Crippen molar-refractivity contribution in [1.82, 2.24) is 0 Å². The van der Waals surface area contributed by atoms with E-state index in [0.717, 1.165) is 10.8 Å². The summed E-state index contributed by atoms with van der Waals surface area (Å²) in [5.74, 6) is -0.794. The average molecular weight is 328 g/mol. The van der Waals surface area contributed by atoms with Crippen molar-refractivity contribution in [2.24, 2.45) is 0 Å². The minimum absolute atomic E-state index is 0.0335. The molecule has 6 nitrogen and oxygen atoms in total. The highest BCUT2D eigenvalue weighted by Crippen LogP contribution is 2.20. The molecular formula is C18H16O6. The molecule has 2 aliphatic rings. The maximum Gasteiger partial charge on any atom is 0.338 e. The Labute approximate surface area is 138 Å². The Morgan fingerprint density at radius 2 is 1.29 bits per heavy atom. The van der Waals surface area contributed by atoms with Gasteiger partial charge in [0.05, 0.1) is 24.3 Å². The largest absolute Gasteiger partial charge is 0.459 e. The van der Waals surface area contributed by atoms with E-state index in [4.69, 9.17) is 18.9 Å². The summed E-state index contributed by atoms with van der Waals surface area (Å²) in [4.78, 5) is 24.1. The van der Waals surface area contributed by atoms with Crippen LogP contribution in [0.2, 0.25) is 0 Å². The lowest BCUT2D eigenvalue weighted by Crippen LogP contribution is -2.10. The van der Waals surface area contributed by atoms with Crippen LogP contribution in [0, 0.1) is 0 Å². The van der Waals surface area contributed by atoms with Crippen molar-refractivity contribution in [3.63, 3.8) is 0 Å². The minimum atomic E-state index is -0.397. The van der Waals surface area contributed by atoms with Gasteiger partial charge >= 0.3 is 11.9 Å². The van der Waals surface area contributed by atoms with Gasteiger partial charge in [-0.05, 0) is 35.0 Å². The van der Waals surface area contributed by atoms with E-state index >= 15 is 0 Å². The topological polar surface area (TPSA) is 77.7 Å². The van der Waals surface area contributed by atoms with Gasteiger partial charge in [-0.1, -0.05) is 12.1 Å². The molecule has 2 aromatic rings. The SMILES string of the molecule is O=C(OCC1CO1)c1ccc2ccc(C(=O)OCC3CO3)cc2c1. The molecule has 2 atom stereocenters. The van der Waals surface area contributed by atoms with Crippen LogP contribution >= 0.6 is 0 Å². The van der Waals surface area contributed by atoms with Gasteiger partial charge in [-0.3, -0.25) is 0 Å². The van der Waals surface area contributed by atoms with Gasteiger partial charge in [0.2, 0.25) is 0 Å². The lowest BCUT2D eigenvalue weighted by molar-refractivity contribution is 0.0469. The monoisotopic (exact) mass is 328 g/mol. The standard InChI is InChI=1S/C18H16O6/c19-17(23-9-15-7-21-15)12-3-1-11-2-4-13(6-14(11)5-12)18(20)24-10-16-8-22-16/h1-6,15-16H,7-10H2. The van der Waals surface area contributed by atoms with Crippen molar-refractivity contribution in [3.05, 3.63) is 47.5 Å². The molecule has 2 heterocycles. The van der Waals surface area contributed by atoms with E-state index in [-0.39, 0.29) is 25.4 Å². The lowest BCUT2D eigenvalue weighted by Gasteiger charge is -2.07. The fourth-order valence-corrected chi connectivity index (χ4v) is 2.33. The van der Waals surface area contributed by atoms with E-state index in [9.17, 15) is 9.59 Å². The smallest absolute Gasteiger partial charge is 0.338 e. The zero-order valence-electron chi connectivity index (χ0n) is 12.9. The highest BCUT2D eigenvalue weighted by Gasteiger charge is 2.25. The fraction of sp³-hybridized carbons (Fsp3) is 0.333. The number of carbonyl (C=O) groups excluding carboxylic acids is 2. The van der Waals surface area contributed by atoms with Gasteiger partial charge in [-0.25, -0.2) is 9.59 Å². The molecule has 0 bridgehead atoms. The number of esters is 2. The summed E-state index contributed by atoms with van der Waals surface area (Å²) in [6, 6.07) is 10.5. The molecular weight excluding hydrogens is 312 g/mol. The quantitative estimate of drug-likeness (QED) is 0.596. The summed E-state index contributed by atoms with van der Waals surface area (Å²) in [7, 11) is 0. The Bertz CT molecular complexity index is 728. The zero-order valence-corrected chi connectivity index (χ0v) is 12.9. The second-order valence-corrected chi connectivity index (χ2v) is 5.88. The Hall–Kier alpha value is -2.44. The van der Waals surface area contributed by atoms with Crippen molar-refractivity contribution in [3.8, 4) is 0 Å². The Morgan fingerprint density at radius 3 is 1.71 bits per heavy atom. The predicted molar refractivity (Wildman–Crippen MR) is 84.0 cm³/mol. The highest BCUT2D eigenvalue weighted by molar-refractivity contribution is 5.99. The van der Waals surface area contributed by atoms with Crippen LogP contribution in [0.15, 0.2) is 36.4 Å². The summed E-state index contributed by atoms with van der Waals surface area (Å²) in [6.45, 7) is 1.82. The van der Waals surface area contributed by atoms with Crippen LogP contribution in [-0.4, -0.2) is 50.6 Å². The maximum absolute atomic E-state index is 12.0. The number of ether oxygens (including phenoxy) is 4. The Balaban J connectivity index is 1.50. The second-order valence-electron chi connectivity index (χ2n) is 5.88. The van der Waals surface area contributed by atoms with E-state index in [1.807, 2.05) is 12.1 Å². The van der Waals surface area contributed by atoms with Gasteiger partial charge < -0.3 is 18.9 Å². The van der Waals surface area contributed by atoms with Crippen LogP contribution in [-0.2, 0) is 18.9 Å². The highest BCUT2D eigenvalue weighted by atomic mass is 16.6. The molecule has 4 rings (SSSR count). The summed E-state index contributed by atoms with van der Waals surface area (Å²) in [5.41, 5.74) is 0.889. The van der Waals surface area contributed by atoms with E-state index in [1.54, 1.807) is 24.3 Å². The summed E-state index contributed by atoms with van der Waals surface area (Å²) >= 11 is 0. The van der Waals surface area contributed by atoms with Crippen molar-refractivity contribution in [2.75, 3.05) is 26.4 Å². The summed E-state index contributed by atoms with van der Waals surface area (Å²) in [5, 5.41) is 1.71. The molecule has 0 spiro atoms. The number of hydrogen-bond acceptors (Lipinski definition) is 6. The maximum atomic E-state index is 12.0. The predicted octanol–water partition coefficient (Wildman–Crippen LogP) is 1.95. The van der Waals surface area contributed by atoms with Gasteiger partial charge in [0.1, 0.15) is 25.4 Å². The van der Waals surface area contributed by atoms with Crippen molar-refractivity contribution in [1.29, 1.82) is 0 Å². The molecule has 2 saturated heterocycles. The van der Waals surface area contributed by atoms with Gasteiger partial charge in [0, 0.05) is 0 Å². The van der Waals surface area contributed by atoms with Crippen molar-refractivity contribution in [2.45, 2.75) is 12.2 Å². The van der Waals surface area contributed by atoms with Gasteiger partial charge in [0.25, 0.3) is 0 Å². The van der Waals surface area contributed by atoms with Gasteiger partial charge in [0.15, 0.2) is 0 Å². The molecule has 0 amide bonds. The third kappa shape index (κ3) is 3.55. The van der Waals surface area contributed by atoms with Gasteiger partial charge in [-0.15, -0.1) is 0 Å². The number of epoxide rings is 2. The molecule has 24 heavy (non-hydrogen) atoms. The summed E-state index contributed by atoms with van der Waals surface area (Å²) in [6.07, 6.45) is 0.0671. The normalized spacial score (nSPS) is 21.3. The van der Waals surface area contributed by atoms with Crippen LogP contribution in [0.3, 0.4) is 0 Å². The first-order chi connectivity index (χ1) is 11.7. The Kier molecular flexibility index (Phi) is 3.92. The number of rotatable bonds is 6. The fourth-order valence-electron chi connectivity index (χ4n) is 2.33. The van der Waals surface area contributed by atoms with Crippen molar-refractivity contribution >= 4 is 22.7 Å². The average Bonchev–Trinajstić information content (AvgIpc) is 3.50. The molecule has 0 aromatic heterocycles. The van der Waals surface area contributed by atoms with Crippen molar-refractivity contribution < 1.29 is 28.5 Å². The van der Waals surface area contributed by atoms with E-state index in [2.05, 4.69) is 0 Å². The van der Waals surface area contributed by atoms with E-state index in [1.165, 1.54) is 0 Å². The lowest BCUT2D eigenvalue weighted by atomic mass is 10.0. The number of fused-ring (bicyclic) bond motifs is 1. The molecule has 0 N–H and O–H groups in total. The first-order valence-electron chi connectivity index (χ1n) is 7.80. The first-order valence-corrected chi connectivity index (χ1v) is 7.80. The van der Waals surface area contributed by atoms with E-state index in [0.29, 0.717) is 24.3 Å². The minimum Gasteiger partial charge on any atom is -0.459 e. The Morgan fingerprint density at radius 1 is 0.833 bits per heavy atom. The third-order valence-electron chi connectivity index (χ3n) is 3.92. The van der Waals surface area contributed by atoms with Crippen LogP contribution < -0.4 is 0 Å². The molecule has 0 radical (unpaired) electrons. The first kappa shape index (κ1) is 15.1. The third-order valence-corrected chi connectivity index (χ3v) is 3.92. The molecule has 2 fully saturated rings. The van der Waals surface area contributed by atoms with Crippen LogP contribution in [0.25, 0.3) is 10.8 Å². The van der Waals surface area contributed by atoms with Crippen LogP contribution in [0.1, 0.15) is 20.7 Å². The molecule has 0 aliphatic carbocycles.